The zero-order valence-corrected chi connectivity index (χ0v) is 17.8. The number of amides is 3. The van der Waals surface area contributed by atoms with Gasteiger partial charge in [-0.2, -0.15) is 5.10 Å². The van der Waals surface area contributed by atoms with Crippen molar-refractivity contribution in [1.82, 2.24) is 30.0 Å². The maximum Gasteiger partial charge on any atom is 0.240 e. The molecule has 2 aromatic rings. The molecular weight excluding hydrogens is 406 g/mol. The predicted octanol–water partition coefficient (Wildman–Crippen LogP) is 0.804. The van der Waals surface area contributed by atoms with Gasteiger partial charge in [0.1, 0.15) is 12.4 Å². The highest BCUT2D eigenvalue weighted by molar-refractivity contribution is 7.98. The lowest BCUT2D eigenvalue weighted by molar-refractivity contribution is -0.142. The van der Waals surface area contributed by atoms with Gasteiger partial charge in [-0.05, 0) is 25.5 Å². The Hall–Kier alpha value is -2.69. The largest absolute Gasteiger partial charge is 0.356 e. The number of hydrogen-bond donors (Lipinski definition) is 1. The summed E-state index contributed by atoms with van der Waals surface area (Å²) in [6.07, 6.45) is 7.65. The zero-order chi connectivity index (χ0) is 21.1. The molecule has 10 nitrogen and oxygen atoms in total. The van der Waals surface area contributed by atoms with Gasteiger partial charge in [-0.1, -0.05) is 11.8 Å². The number of imide groups is 1. The number of nitrogens with zero attached hydrogens (tertiary/aromatic N) is 6. The van der Waals surface area contributed by atoms with E-state index in [9.17, 15) is 14.4 Å². The number of nitrogens with one attached hydrogen (secondary N) is 1. The lowest BCUT2D eigenvalue weighted by atomic mass is 10.1. The number of aromatic nitrogens is 4. The fraction of sp³-hybridized carbons (Fsp3) is 0.579. The van der Waals surface area contributed by atoms with E-state index >= 15 is 0 Å². The molecular formula is C19H25N7O3S. The first-order valence-electron chi connectivity index (χ1n) is 10.2. The van der Waals surface area contributed by atoms with Gasteiger partial charge in [0.15, 0.2) is 10.8 Å². The first-order chi connectivity index (χ1) is 14.6. The summed E-state index contributed by atoms with van der Waals surface area (Å²) in [6.45, 7) is 2.49. The van der Waals surface area contributed by atoms with Crippen LogP contribution in [0.4, 0.5) is 5.82 Å². The van der Waals surface area contributed by atoms with Crippen LogP contribution in [0.2, 0.25) is 0 Å². The molecule has 4 rings (SSSR count). The van der Waals surface area contributed by atoms with Crippen molar-refractivity contribution in [3.05, 3.63) is 6.20 Å². The minimum absolute atomic E-state index is 0.183. The average molecular weight is 432 g/mol. The third-order valence-electron chi connectivity index (χ3n) is 5.40. The molecule has 0 spiro atoms. The summed E-state index contributed by atoms with van der Waals surface area (Å²) in [5, 5.41) is 8.82. The topological polar surface area (TPSA) is 113 Å². The van der Waals surface area contributed by atoms with E-state index in [4.69, 9.17) is 4.98 Å². The normalized spacial score (nSPS) is 17.2. The van der Waals surface area contributed by atoms with Crippen molar-refractivity contribution in [1.29, 1.82) is 0 Å². The van der Waals surface area contributed by atoms with Gasteiger partial charge in [0.05, 0.1) is 18.1 Å². The van der Waals surface area contributed by atoms with E-state index < -0.39 is 0 Å². The van der Waals surface area contributed by atoms with E-state index in [0.717, 1.165) is 47.7 Å². The van der Waals surface area contributed by atoms with Gasteiger partial charge in [0, 0.05) is 32.5 Å². The van der Waals surface area contributed by atoms with Gasteiger partial charge >= 0.3 is 0 Å². The van der Waals surface area contributed by atoms with E-state index in [1.165, 1.54) is 18.2 Å². The molecule has 0 unspecified atom stereocenters. The average Bonchev–Trinajstić information content (AvgIpc) is 3.31. The van der Waals surface area contributed by atoms with Crippen LogP contribution in [0.15, 0.2) is 11.4 Å². The molecule has 0 bridgehead atoms. The Morgan fingerprint density at radius 3 is 2.57 bits per heavy atom. The lowest BCUT2D eigenvalue weighted by Crippen LogP contribution is -2.40. The summed E-state index contributed by atoms with van der Waals surface area (Å²) in [5.74, 6) is -0.0200. The minimum atomic E-state index is -0.358. The highest BCUT2D eigenvalue weighted by atomic mass is 32.2. The molecule has 0 aliphatic carbocycles. The van der Waals surface area contributed by atoms with Gasteiger partial charge in [-0.25, -0.2) is 14.6 Å². The van der Waals surface area contributed by atoms with Crippen molar-refractivity contribution in [2.24, 2.45) is 0 Å². The molecule has 3 amide bonds. The van der Waals surface area contributed by atoms with E-state index in [0.29, 0.717) is 18.2 Å². The Balaban J connectivity index is 1.43. The summed E-state index contributed by atoms with van der Waals surface area (Å²) < 4.78 is 1.76. The molecule has 1 N–H and O–H groups in total. The van der Waals surface area contributed by atoms with E-state index in [2.05, 4.69) is 20.3 Å². The number of thioether (sulfide) groups is 1. The third kappa shape index (κ3) is 4.25. The number of hydrogen-bond acceptors (Lipinski definition) is 8. The summed E-state index contributed by atoms with van der Waals surface area (Å²) >= 11 is 1.49. The van der Waals surface area contributed by atoms with Gasteiger partial charge < -0.3 is 10.2 Å². The molecule has 160 valence electrons. The first-order valence-corrected chi connectivity index (χ1v) is 11.4. The van der Waals surface area contributed by atoms with Crippen molar-refractivity contribution in [2.45, 2.75) is 43.8 Å². The molecule has 0 saturated carbocycles. The molecule has 2 fully saturated rings. The summed E-state index contributed by atoms with van der Waals surface area (Å²) in [7, 11) is 0. The quantitative estimate of drug-likeness (QED) is 0.389. The Bertz CT molecular complexity index is 954. The first kappa shape index (κ1) is 20.6. The van der Waals surface area contributed by atoms with Crippen LogP contribution in [0, 0.1) is 0 Å². The van der Waals surface area contributed by atoms with Crippen LogP contribution >= 0.6 is 11.8 Å². The number of fused-ring (bicyclic) bond motifs is 1. The number of carbonyl (C=O) groups excluding carboxylic acids is 3. The number of piperidine rings is 1. The van der Waals surface area contributed by atoms with E-state index in [-0.39, 0.29) is 37.1 Å². The second-order valence-electron chi connectivity index (χ2n) is 7.41. The van der Waals surface area contributed by atoms with Crippen molar-refractivity contribution < 1.29 is 14.4 Å². The van der Waals surface area contributed by atoms with Crippen molar-refractivity contribution in [3.8, 4) is 0 Å². The van der Waals surface area contributed by atoms with Gasteiger partial charge in [0.2, 0.25) is 17.7 Å². The Kier molecular flexibility index (Phi) is 6.16. The van der Waals surface area contributed by atoms with Crippen molar-refractivity contribution in [2.75, 3.05) is 37.3 Å². The maximum absolute atomic E-state index is 12.1. The van der Waals surface area contributed by atoms with Crippen LogP contribution in [-0.4, -0.2) is 74.8 Å². The lowest BCUT2D eigenvalue weighted by Gasteiger charge is -2.28. The molecule has 0 aromatic carbocycles. The fourth-order valence-electron chi connectivity index (χ4n) is 3.82. The molecule has 2 aliphatic heterocycles. The molecule has 0 radical (unpaired) electrons. The molecule has 2 aliphatic rings. The van der Waals surface area contributed by atoms with Crippen LogP contribution in [0.1, 0.15) is 32.1 Å². The maximum atomic E-state index is 12.1. The van der Waals surface area contributed by atoms with Crippen molar-refractivity contribution >= 4 is 46.3 Å². The molecule has 2 saturated heterocycles. The number of rotatable bonds is 7. The standard InChI is InChI=1S/C19H25N7O3S/c1-30-19-22-17(24-8-3-2-4-9-24)13-11-21-26(18(13)23-19)10-7-20-14(27)12-25-15(28)5-6-16(25)29/h11H,2-10,12H2,1H3,(H,20,27). The molecule has 11 heteroatoms. The Morgan fingerprint density at radius 1 is 1.13 bits per heavy atom. The smallest absolute Gasteiger partial charge is 0.240 e. The third-order valence-corrected chi connectivity index (χ3v) is 5.94. The van der Waals surface area contributed by atoms with Gasteiger partial charge in [-0.3, -0.25) is 19.3 Å². The monoisotopic (exact) mass is 431 g/mol. The molecule has 2 aromatic heterocycles. The highest BCUT2D eigenvalue weighted by Crippen LogP contribution is 2.28. The van der Waals surface area contributed by atoms with Crippen LogP contribution in [0.3, 0.4) is 0 Å². The zero-order valence-electron chi connectivity index (χ0n) is 17.0. The van der Waals surface area contributed by atoms with Crippen LogP contribution in [-0.2, 0) is 20.9 Å². The van der Waals surface area contributed by atoms with Gasteiger partial charge in [0.25, 0.3) is 0 Å². The predicted molar refractivity (Wildman–Crippen MR) is 112 cm³/mol. The SMILES string of the molecule is CSc1nc(N2CCCCC2)c2cnn(CCNC(=O)CN3C(=O)CCC3=O)c2n1. The van der Waals surface area contributed by atoms with E-state index in [1.54, 1.807) is 10.9 Å². The summed E-state index contributed by atoms with van der Waals surface area (Å²) in [6, 6.07) is 0. The minimum Gasteiger partial charge on any atom is -0.356 e. The molecule has 30 heavy (non-hydrogen) atoms. The second-order valence-corrected chi connectivity index (χ2v) is 8.18. The van der Waals surface area contributed by atoms with Crippen LogP contribution in [0.25, 0.3) is 11.0 Å². The Morgan fingerprint density at radius 2 is 1.87 bits per heavy atom. The van der Waals surface area contributed by atoms with E-state index in [1.807, 2.05) is 6.26 Å². The van der Waals surface area contributed by atoms with Crippen LogP contribution < -0.4 is 10.2 Å². The number of likely N-dealkylation sites (tertiary alicyclic amines) is 1. The number of carbonyl (C=O) groups is 3. The second kappa shape index (κ2) is 8.99. The molecule has 4 heterocycles. The van der Waals surface area contributed by atoms with Crippen molar-refractivity contribution in [3.63, 3.8) is 0 Å². The fourth-order valence-corrected chi connectivity index (χ4v) is 4.18. The van der Waals surface area contributed by atoms with Crippen LogP contribution in [0.5, 0.6) is 0 Å². The number of anilines is 1. The molecule has 0 atom stereocenters. The summed E-state index contributed by atoms with van der Waals surface area (Å²) in [5.41, 5.74) is 0.745. The van der Waals surface area contributed by atoms with Gasteiger partial charge in [-0.15, -0.1) is 0 Å². The highest BCUT2D eigenvalue weighted by Gasteiger charge is 2.30. The Labute approximate surface area is 178 Å². The summed E-state index contributed by atoms with van der Waals surface area (Å²) in [4.78, 5) is 48.1.